The topological polar surface area (TPSA) is 42.2 Å². The molecule has 1 aliphatic rings. The van der Waals surface area contributed by atoms with Crippen LogP contribution in [0.2, 0.25) is 0 Å². The van der Waals surface area contributed by atoms with E-state index in [1.807, 2.05) is 6.07 Å². The number of piperidine rings is 1. The maximum Gasteiger partial charge on any atom is 0.185 e. The summed E-state index contributed by atoms with van der Waals surface area (Å²) >= 11 is 3.42. The van der Waals surface area contributed by atoms with Crippen molar-refractivity contribution in [3.63, 3.8) is 0 Å². The Morgan fingerprint density at radius 2 is 2.37 bits per heavy atom. The highest BCUT2D eigenvalue weighted by Gasteiger charge is 2.21. The zero-order chi connectivity index (χ0) is 13.2. The van der Waals surface area contributed by atoms with Gasteiger partial charge in [0.05, 0.1) is 11.7 Å². The van der Waals surface area contributed by atoms with E-state index in [9.17, 15) is 0 Å². The van der Waals surface area contributed by atoms with Gasteiger partial charge in [0, 0.05) is 23.3 Å². The van der Waals surface area contributed by atoms with E-state index in [-0.39, 0.29) is 6.04 Å². The van der Waals surface area contributed by atoms with Gasteiger partial charge in [0.15, 0.2) is 5.13 Å². The van der Waals surface area contributed by atoms with Gasteiger partial charge in [0.1, 0.15) is 0 Å². The highest BCUT2D eigenvalue weighted by Crippen LogP contribution is 2.30. The van der Waals surface area contributed by atoms with Crippen molar-refractivity contribution in [3.05, 3.63) is 33.5 Å². The second-order valence-electron chi connectivity index (χ2n) is 5.24. The van der Waals surface area contributed by atoms with E-state index in [0.29, 0.717) is 0 Å². The van der Waals surface area contributed by atoms with Crippen molar-refractivity contribution in [1.82, 2.24) is 4.98 Å². The first-order valence-electron chi connectivity index (χ1n) is 6.73. The molecular formula is C14H19N3S2. The molecule has 5 heteroatoms. The van der Waals surface area contributed by atoms with Crippen LogP contribution < -0.4 is 10.6 Å². The van der Waals surface area contributed by atoms with Crippen LogP contribution >= 0.6 is 22.7 Å². The summed E-state index contributed by atoms with van der Waals surface area (Å²) < 4.78 is 0. The Labute approximate surface area is 122 Å². The zero-order valence-electron chi connectivity index (χ0n) is 11.1. The van der Waals surface area contributed by atoms with Gasteiger partial charge < -0.3 is 10.6 Å². The van der Waals surface area contributed by atoms with Crippen LogP contribution in [0.25, 0.3) is 0 Å². The lowest BCUT2D eigenvalue weighted by Gasteiger charge is -2.30. The second kappa shape index (κ2) is 5.61. The molecule has 0 radical (unpaired) electrons. The minimum atomic E-state index is -0.0767. The molecule has 0 aromatic carbocycles. The molecule has 2 atom stereocenters. The third-order valence-electron chi connectivity index (χ3n) is 3.61. The molecule has 2 unspecified atom stereocenters. The van der Waals surface area contributed by atoms with Gasteiger partial charge in [0.25, 0.3) is 0 Å². The van der Waals surface area contributed by atoms with Gasteiger partial charge >= 0.3 is 0 Å². The molecule has 3 heterocycles. The molecule has 0 amide bonds. The zero-order valence-corrected chi connectivity index (χ0v) is 12.7. The second-order valence-corrected chi connectivity index (χ2v) is 7.06. The average molecular weight is 293 g/mol. The summed E-state index contributed by atoms with van der Waals surface area (Å²) in [6.45, 7) is 4.57. The molecule has 0 aliphatic carbocycles. The first kappa shape index (κ1) is 13.1. The Morgan fingerprint density at radius 3 is 3.11 bits per heavy atom. The van der Waals surface area contributed by atoms with Gasteiger partial charge in [-0.15, -0.1) is 22.7 Å². The molecule has 1 saturated heterocycles. The molecule has 1 aliphatic heterocycles. The van der Waals surface area contributed by atoms with Gasteiger partial charge in [-0.1, -0.05) is 13.0 Å². The van der Waals surface area contributed by atoms with Crippen LogP contribution in [0.1, 0.15) is 36.4 Å². The fraction of sp³-hybridized carbons (Fsp3) is 0.500. The van der Waals surface area contributed by atoms with E-state index < -0.39 is 0 Å². The quantitative estimate of drug-likeness (QED) is 0.942. The number of nitrogens with zero attached hydrogens (tertiary/aromatic N) is 2. The van der Waals surface area contributed by atoms with Crippen molar-refractivity contribution in [2.45, 2.75) is 25.8 Å². The fourth-order valence-corrected chi connectivity index (χ4v) is 4.18. The van der Waals surface area contributed by atoms with Gasteiger partial charge in [-0.3, -0.25) is 0 Å². The molecule has 0 bridgehead atoms. The lowest BCUT2D eigenvalue weighted by Crippen LogP contribution is -2.34. The predicted octanol–water partition coefficient (Wildman–Crippen LogP) is 3.49. The molecule has 3 rings (SSSR count). The van der Waals surface area contributed by atoms with Crippen LogP contribution in [-0.2, 0) is 0 Å². The molecule has 2 aromatic rings. The van der Waals surface area contributed by atoms with E-state index in [4.69, 9.17) is 10.7 Å². The number of thiazole rings is 1. The number of rotatable bonds is 3. The van der Waals surface area contributed by atoms with Crippen LogP contribution in [0.5, 0.6) is 0 Å². The summed E-state index contributed by atoms with van der Waals surface area (Å²) in [7, 11) is 0. The van der Waals surface area contributed by atoms with Crippen molar-refractivity contribution >= 4 is 27.8 Å². The Balaban J connectivity index is 1.76. The first-order valence-corrected chi connectivity index (χ1v) is 8.49. The number of aromatic nitrogens is 1. The smallest absolute Gasteiger partial charge is 0.185 e. The Bertz CT molecular complexity index is 521. The molecule has 102 valence electrons. The van der Waals surface area contributed by atoms with Gasteiger partial charge in [-0.2, -0.15) is 0 Å². The average Bonchev–Trinajstić information content (AvgIpc) is 3.10. The van der Waals surface area contributed by atoms with Crippen molar-refractivity contribution < 1.29 is 0 Å². The van der Waals surface area contributed by atoms with Crippen molar-refractivity contribution in [2.24, 2.45) is 11.7 Å². The number of anilines is 1. The first-order chi connectivity index (χ1) is 9.24. The van der Waals surface area contributed by atoms with Gasteiger partial charge in [0.2, 0.25) is 0 Å². The monoisotopic (exact) mass is 293 g/mol. The standard InChI is InChI=1S/C14H19N3S2/c1-10-4-2-6-17(8-10)14-16-11(9-19-14)13(15)12-5-3-7-18-12/h3,5,7,9-10,13H,2,4,6,8,15H2,1H3. The van der Waals surface area contributed by atoms with Gasteiger partial charge in [-0.05, 0) is 30.2 Å². The molecule has 2 N–H and O–H groups in total. The lowest BCUT2D eigenvalue weighted by atomic mass is 10.0. The molecule has 1 fully saturated rings. The maximum atomic E-state index is 6.27. The minimum Gasteiger partial charge on any atom is -0.348 e. The summed E-state index contributed by atoms with van der Waals surface area (Å²) in [4.78, 5) is 8.34. The Hall–Kier alpha value is -0.910. The van der Waals surface area contributed by atoms with E-state index in [1.54, 1.807) is 22.7 Å². The highest BCUT2D eigenvalue weighted by molar-refractivity contribution is 7.13. The van der Waals surface area contributed by atoms with E-state index in [0.717, 1.165) is 29.8 Å². The third-order valence-corrected chi connectivity index (χ3v) is 5.48. The number of hydrogen-bond donors (Lipinski definition) is 1. The predicted molar refractivity (Wildman–Crippen MR) is 83.1 cm³/mol. The molecule has 3 nitrogen and oxygen atoms in total. The SMILES string of the molecule is CC1CCCN(c2nc(C(N)c3cccs3)cs2)C1. The number of nitrogens with two attached hydrogens (primary N) is 1. The van der Waals surface area contributed by atoms with Crippen LogP contribution in [0.4, 0.5) is 5.13 Å². The van der Waals surface area contributed by atoms with E-state index >= 15 is 0 Å². The minimum absolute atomic E-state index is 0.0767. The summed E-state index contributed by atoms with van der Waals surface area (Å²) in [6, 6.07) is 4.05. The lowest BCUT2D eigenvalue weighted by molar-refractivity contribution is 0.446. The fourth-order valence-electron chi connectivity index (χ4n) is 2.54. The third kappa shape index (κ3) is 2.83. The molecule has 0 saturated carbocycles. The molecule has 19 heavy (non-hydrogen) atoms. The number of hydrogen-bond acceptors (Lipinski definition) is 5. The summed E-state index contributed by atoms with van der Waals surface area (Å²) in [5.41, 5.74) is 7.27. The highest BCUT2D eigenvalue weighted by atomic mass is 32.1. The van der Waals surface area contributed by atoms with E-state index in [1.165, 1.54) is 17.7 Å². The van der Waals surface area contributed by atoms with Crippen molar-refractivity contribution in [1.29, 1.82) is 0 Å². The summed E-state index contributed by atoms with van der Waals surface area (Å²) in [5, 5.41) is 5.31. The molecule has 2 aromatic heterocycles. The van der Waals surface area contributed by atoms with Crippen molar-refractivity contribution in [3.8, 4) is 0 Å². The van der Waals surface area contributed by atoms with E-state index in [2.05, 4.69) is 28.7 Å². The summed E-state index contributed by atoms with van der Waals surface area (Å²) in [6.07, 6.45) is 2.61. The van der Waals surface area contributed by atoms with Gasteiger partial charge in [-0.25, -0.2) is 4.98 Å². The Kier molecular flexibility index (Phi) is 3.86. The maximum absolute atomic E-state index is 6.27. The van der Waals surface area contributed by atoms with Crippen LogP contribution in [-0.4, -0.2) is 18.1 Å². The summed E-state index contributed by atoms with van der Waals surface area (Å²) in [5.74, 6) is 0.770. The van der Waals surface area contributed by atoms with Crippen LogP contribution in [0.3, 0.4) is 0 Å². The normalized spacial score (nSPS) is 21.6. The molecule has 0 spiro atoms. The van der Waals surface area contributed by atoms with Crippen molar-refractivity contribution in [2.75, 3.05) is 18.0 Å². The van der Waals surface area contributed by atoms with Crippen LogP contribution in [0.15, 0.2) is 22.9 Å². The Morgan fingerprint density at radius 1 is 1.47 bits per heavy atom. The largest absolute Gasteiger partial charge is 0.348 e. The van der Waals surface area contributed by atoms with Crippen LogP contribution in [0, 0.1) is 5.92 Å². The molecular weight excluding hydrogens is 274 g/mol. The number of thiophene rings is 1.